The molecule has 86 valence electrons. The van der Waals surface area contributed by atoms with Gasteiger partial charge in [-0.3, -0.25) is 0 Å². The molecule has 0 aromatic carbocycles. The van der Waals surface area contributed by atoms with Crippen molar-refractivity contribution in [3.8, 4) is 0 Å². The van der Waals surface area contributed by atoms with E-state index in [0.717, 1.165) is 19.6 Å². The van der Waals surface area contributed by atoms with Crippen molar-refractivity contribution >= 4 is 0 Å². The van der Waals surface area contributed by atoms with Crippen molar-refractivity contribution in [2.75, 3.05) is 6.61 Å². The lowest BCUT2D eigenvalue weighted by Gasteiger charge is -2.21. The Bertz CT molecular complexity index is 281. The van der Waals surface area contributed by atoms with E-state index in [1.165, 1.54) is 5.69 Å². The van der Waals surface area contributed by atoms with Crippen molar-refractivity contribution < 1.29 is 4.74 Å². The summed E-state index contributed by atoms with van der Waals surface area (Å²) in [6.07, 6.45) is 5.20. The predicted octanol–water partition coefficient (Wildman–Crippen LogP) is 2.64. The molecule has 0 amide bonds. The van der Waals surface area contributed by atoms with Crippen molar-refractivity contribution in [1.82, 2.24) is 9.55 Å². The SMILES string of the molecule is CCOC(CCn1cncc1C)C(C)C. The molecule has 1 rings (SSSR count). The minimum absolute atomic E-state index is 0.358. The minimum atomic E-state index is 0.358. The molecule has 0 aliphatic heterocycles. The first-order chi connectivity index (χ1) is 7.15. The Morgan fingerprint density at radius 3 is 2.67 bits per heavy atom. The van der Waals surface area contributed by atoms with Gasteiger partial charge in [-0.2, -0.15) is 0 Å². The molecular weight excluding hydrogens is 188 g/mol. The van der Waals surface area contributed by atoms with Gasteiger partial charge in [0.05, 0.1) is 12.4 Å². The Labute approximate surface area is 92.5 Å². The summed E-state index contributed by atoms with van der Waals surface area (Å²) in [7, 11) is 0. The summed E-state index contributed by atoms with van der Waals surface area (Å²) in [5, 5.41) is 0. The van der Waals surface area contributed by atoms with Crippen molar-refractivity contribution in [3.63, 3.8) is 0 Å². The van der Waals surface area contributed by atoms with Crippen LogP contribution < -0.4 is 0 Å². The second kappa shape index (κ2) is 5.91. The van der Waals surface area contributed by atoms with Gasteiger partial charge in [0.1, 0.15) is 0 Å². The van der Waals surface area contributed by atoms with Gasteiger partial charge in [0, 0.05) is 25.0 Å². The summed E-state index contributed by atoms with van der Waals surface area (Å²) < 4.78 is 7.88. The van der Waals surface area contributed by atoms with E-state index in [2.05, 4.69) is 37.2 Å². The lowest BCUT2D eigenvalue weighted by Crippen LogP contribution is -2.22. The summed E-state index contributed by atoms with van der Waals surface area (Å²) in [6.45, 7) is 10.3. The first-order valence-corrected chi connectivity index (χ1v) is 5.73. The fraction of sp³-hybridized carbons (Fsp3) is 0.750. The Morgan fingerprint density at radius 2 is 2.20 bits per heavy atom. The van der Waals surface area contributed by atoms with Gasteiger partial charge in [0.15, 0.2) is 0 Å². The topological polar surface area (TPSA) is 27.1 Å². The lowest BCUT2D eigenvalue weighted by atomic mass is 10.0. The molecule has 1 unspecified atom stereocenters. The fourth-order valence-electron chi connectivity index (χ4n) is 1.71. The highest BCUT2D eigenvalue weighted by Crippen LogP contribution is 2.12. The van der Waals surface area contributed by atoms with Gasteiger partial charge in [0.2, 0.25) is 0 Å². The number of hydrogen-bond acceptors (Lipinski definition) is 2. The van der Waals surface area contributed by atoms with E-state index in [-0.39, 0.29) is 0 Å². The Kier molecular flexibility index (Phi) is 4.82. The lowest BCUT2D eigenvalue weighted by molar-refractivity contribution is 0.0219. The van der Waals surface area contributed by atoms with E-state index < -0.39 is 0 Å². The first kappa shape index (κ1) is 12.2. The summed E-state index contributed by atoms with van der Waals surface area (Å²) in [6, 6.07) is 0. The summed E-state index contributed by atoms with van der Waals surface area (Å²) >= 11 is 0. The highest BCUT2D eigenvalue weighted by molar-refractivity contribution is 4.93. The molecule has 0 spiro atoms. The van der Waals surface area contributed by atoms with Crippen LogP contribution in [0.4, 0.5) is 0 Å². The molecule has 0 fully saturated rings. The zero-order valence-corrected chi connectivity index (χ0v) is 10.2. The maximum absolute atomic E-state index is 5.71. The van der Waals surface area contributed by atoms with Crippen LogP contribution in [0.5, 0.6) is 0 Å². The van der Waals surface area contributed by atoms with Crippen LogP contribution in [-0.2, 0) is 11.3 Å². The van der Waals surface area contributed by atoms with Crippen LogP contribution in [0.1, 0.15) is 32.9 Å². The maximum atomic E-state index is 5.71. The average molecular weight is 210 g/mol. The predicted molar refractivity (Wildman–Crippen MR) is 61.8 cm³/mol. The van der Waals surface area contributed by atoms with Crippen LogP contribution in [0.2, 0.25) is 0 Å². The van der Waals surface area contributed by atoms with E-state index >= 15 is 0 Å². The Morgan fingerprint density at radius 1 is 1.47 bits per heavy atom. The highest BCUT2D eigenvalue weighted by Gasteiger charge is 2.13. The fourth-order valence-corrected chi connectivity index (χ4v) is 1.71. The summed E-state index contributed by atoms with van der Waals surface area (Å²) in [5.41, 5.74) is 1.22. The molecule has 3 heteroatoms. The summed E-state index contributed by atoms with van der Waals surface area (Å²) in [4.78, 5) is 4.11. The van der Waals surface area contributed by atoms with Crippen molar-refractivity contribution in [1.29, 1.82) is 0 Å². The molecule has 0 aliphatic carbocycles. The molecule has 0 saturated heterocycles. The highest BCUT2D eigenvalue weighted by atomic mass is 16.5. The van der Waals surface area contributed by atoms with Gasteiger partial charge in [-0.15, -0.1) is 0 Å². The molecule has 0 radical (unpaired) electrons. The molecule has 0 saturated carbocycles. The van der Waals surface area contributed by atoms with E-state index in [1.54, 1.807) is 0 Å². The van der Waals surface area contributed by atoms with Crippen molar-refractivity contribution in [2.24, 2.45) is 5.92 Å². The number of aryl methyl sites for hydroxylation is 2. The minimum Gasteiger partial charge on any atom is -0.378 e. The molecule has 1 aromatic rings. The number of imidazole rings is 1. The molecule has 1 aromatic heterocycles. The monoisotopic (exact) mass is 210 g/mol. The van der Waals surface area contributed by atoms with E-state index in [1.807, 2.05) is 12.5 Å². The van der Waals surface area contributed by atoms with Gasteiger partial charge in [-0.05, 0) is 26.2 Å². The molecule has 1 heterocycles. The second-order valence-corrected chi connectivity index (χ2v) is 4.25. The van der Waals surface area contributed by atoms with Crippen molar-refractivity contribution in [2.45, 2.75) is 46.8 Å². The zero-order chi connectivity index (χ0) is 11.3. The van der Waals surface area contributed by atoms with E-state index in [0.29, 0.717) is 12.0 Å². The number of hydrogen-bond donors (Lipinski definition) is 0. The molecule has 0 N–H and O–H groups in total. The third kappa shape index (κ3) is 3.67. The van der Waals surface area contributed by atoms with Gasteiger partial charge in [0.25, 0.3) is 0 Å². The van der Waals surface area contributed by atoms with Gasteiger partial charge in [-0.1, -0.05) is 13.8 Å². The standard InChI is InChI=1S/C12H22N2O/c1-5-15-12(10(2)3)6-7-14-9-13-8-11(14)4/h8-10,12H,5-7H2,1-4H3. The molecule has 3 nitrogen and oxygen atoms in total. The molecule has 0 bridgehead atoms. The van der Waals surface area contributed by atoms with Crippen LogP contribution >= 0.6 is 0 Å². The van der Waals surface area contributed by atoms with Gasteiger partial charge < -0.3 is 9.30 Å². The number of ether oxygens (including phenoxy) is 1. The number of nitrogens with zero attached hydrogens (tertiary/aromatic N) is 2. The Hall–Kier alpha value is -0.830. The van der Waals surface area contributed by atoms with Gasteiger partial charge in [-0.25, -0.2) is 4.98 Å². The third-order valence-corrected chi connectivity index (χ3v) is 2.70. The smallest absolute Gasteiger partial charge is 0.0948 e. The maximum Gasteiger partial charge on any atom is 0.0948 e. The molecule has 1 atom stereocenters. The zero-order valence-electron chi connectivity index (χ0n) is 10.2. The molecule has 0 aliphatic rings. The van der Waals surface area contributed by atoms with Crippen LogP contribution in [0.3, 0.4) is 0 Å². The second-order valence-electron chi connectivity index (χ2n) is 4.25. The largest absolute Gasteiger partial charge is 0.378 e. The van der Waals surface area contributed by atoms with Crippen LogP contribution in [-0.4, -0.2) is 22.3 Å². The van der Waals surface area contributed by atoms with E-state index in [4.69, 9.17) is 4.74 Å². The molecular formula is C12H22N2O. The Balaban J connectivity index is 2.43. The number of rotatable bonds is 6. The van der Waals surface area contributed by atoms with Crippen LogP contribution in [0.15, 0.2) is 12.5 Å². The molecule has 15 heavy (non-hydrogen) atoms. The van der Waals surface area contributed by atoms with Crippen LogP contribution in [0, 0.1) is 12.8 Å². The normalized spacial score (nSPS) is 13.4. The average Bonchev–Trinajstić information content (AvgIpc) is 2.58. The van der Waals surface area contributed by atoms with E-state index in [9.17, 15) is 0 Å². The number of aromatic nitrogens is 2. The van der Waals surface area contributed by atoms with Crippen LogP contribution in [0.25, 0.3) is 0 Å². The van der Waals surface area contributed by atoms with Crippen molar-refractivity contribution in [3.05, 3.63) is 18.2 Å². The first-order valence-electron chi connectivity index (χ1n) is 5.73. The third-order valence-electron chi connectivity index (χ3n) is 2.70. The quantitative estimate of drug-likeness (QED) is 0.721. The van der Waals surface area contributed by atoms with Gasteiger partial charge >= 0.3 is 0 Å². The summed E-state index contributed by atoms with van der Waals surface area (Å²) in [5.74, 6) is 0.578.